The number of aromatic nitrogens is 1. The molecule has 0 spiro atoms. The lowest BCUT2D eigenvalue weighted by Gasteiger charge is -2.26. The van der Waals surface area contributed by atoms with Crippen molar-refractivity contribution in [2.24, 2.45) is 0 Å². The maximum atomic E-state index is 5.41. The maximum Gasteiger partial charge on any atom is 0.0759 e. The first-order valence-corrected chi connectivity index (χ1v) is 20.0. The average Bonchev–Trinajstić information content (AvgIpc) is 3.50. The molecule has 0 N–H and O–H groups in total. The average molecular weight is 724 g/mol. The summed E-state index contributed by atoms with van der Waals surface area (Å²) in [5, 5.41) is 14.0. The summed E-state index contributed by atoms with van der Waals surface area (Å²) < 4.78 is 0. The number of rotatable bonds is 3. The topological polar surface area (TPSA) is 12.9 Å². The minimum absolute atomic E-state index is 0.202. The Hall–Kier alpha value is -7.09. The molecular formula is C56H37N. The van der Waals surface area contributed by atoms with Crippen LogP contribution in [0.15, 0.2) is 188 Å². The second-order valence-corrected chi connectivity index (χ2v) is 16.2. The van der Waals surface area contributed by atoms with Crippen molar-refractivity contribution in [3.63, 3.8) is 0 Å². The van der Waals surface area contributed by atoms with E-state index in [1.165, 1.54) is 109 Å². The van der Waals surface area contributed by atoms with Crippen LogP contribution in [0.5, 0.6) is 0 Å². The first kappa shape index (κ1) is 32.2. The summed E-state index contributed by atoms with van der Waals surface area (Å²) in [6.45, 7) is 4.73. The highest BCUT2D eigenvalue weighted by molar-refractivity contribution is 6.26. The van der Waals surface area contributed by atoms with Gasteiger partial charge in [-0.1, -0.05) is 190 Å². The van der Waals surface area contributed by atoms with Crippen molar-refractivity contribution in [3.8, 4) is 44.6 Å². The van der Waals surface area contributed by atoms with E-state index in [1.807, 2.05) is 0 Å². The molecule has 0 amide bonds. The smallest absolute Gasteiger partial charge is 0.0759 e. The van der Waals surface area contributed by atoms with Gasteiger partial charge in [0.1, 0.15) is 0 Å². The number of hydrogen-bond donors (Lipinski definition) is 0. The van der Waals surface area contributed by atoms with E-state index in [4.69, 9.17) is 4.98 Å². The number of hydrogen-bond acceptors (Lipinski definition) is 1. The minimum atomic E-state index is -0.202. The van der Waals surface area contributed by atoms with Crippen LogP contribution in [0, 0.1) is 0 Å². The van der Waals surface area contributed by atoms with Crippen molar-refractivity contribution in [3.05, 3.63) is 199 Å². The Morgan fingerprint density at radius 2 is 0.877 bits per heavy atom. The van der Waals surface area contributed by atoms with E-state index < -0.39 is 0 Å². The fourth-order valence-corrected chi connectivity index (χ4v) is 10.2. The maximum absolute atomic E-state index is 5.41. The fourth-order valence-electron chi connectivity index (χ4n) is 10.2. The van der Waals surface area contributed by atoms with Gasteiger partial charge in [-0.25, -0.2) is 4.98 Å². The Morgan fingerprint density at radius 1 is 0.368 bits per heavy atom. The van der Waals surface area contributed by atoms with E-state index in [0.717, 1.165) is 11.2 Å². The van der Waals surface area contributed by atoms with Crippen LogP contribution in [0.2, 0.25) is 0 Å². The first-order chi connectivity index (χ1) is 28.0. The van der Waals surface area contributed by atoms with Crippen molar-refractivity contribution in [1.82, 2.24) is 4.98 Å². The molecule has 266 valence electrons. The number of fused-ring (bicyclic) bond motifs is 13. The summed E-state index contributed by atoms with van der Waals surface area (Å²) in [6, 6.07) is 69.5. The third-order valence-electron chi connectivity index (χ3n) is 12.8. The van der Waals surface area contributed by atoms with Crippen LogP contribution in [0.1, 0.15) is 25.0 Å². The summed E-state index contributed by atoms with van der Waals surface area (Å²) in [5.41, 5.74) is 13.3. The minimum Gasteiger partial charge on any atom is -0.247 e. The quantitative estimate of drug-likeness (QED) is 0.165. The Balaban J connectivity index is 1.03. The van der Waals surface area contributed by atoms with Gasteiger partial charge >= 0.3 is 0 Å². The largest absolute Gasteiger partial charge is 0.247 e. The highest BCUT2D eigenvalue weighted by Crippen LogP contribution is 2.54. The van der Waals surface area contributed by atoms with Crippen molar-refractivity contribution in [2.45, 2.75) is 19.3 Å². The highest BCUT2D eigenvalue weighted by Gasteiger charge is 2.39. The van der Waals surface area contributed by atoms with Crippen LogP contribution in [-0.2, 0) is 5.41 Å². The second kappa shape index (κ2) is 12.0. The highest BCUT2D eigenvalue weighted by atomic mass is 14.7. The standard InChI is InChI=1S/C56H37N/c1-56(2)50-22-12-11-21-48(50)55-54(56)52(53-40-14-4-3-13-34(40)28-32-51(53)57-55)36-25-23-35(24-26-36)38-30-31-39(42-16-6-5-15-41(38)42)37-27-29-47-45-19-8-7-17-43(45)44-18-9-10-20-46(44)49(47)33-37/h3-33H,1-2H3. The van der Waals surface area contributed by atoms with Gasteiger partial charge in [0.15, 0.2) is 0 Å². The van der Waals surface area contributed by atoms with Crippen LogP contribution in [-0.4, -0.2) is 4.98 Å². The van der Waals surface area contributed by atoms with Crippen molar-refractivity contribution in [1.29, 1.82) is 0 Å². The van der Waals surface area contributed by atoms with E-state index in [-0.39, 0.29) is 5.41 Å². The van der Waals surface area contributed by atoms with Crippen LogP contribution < -0.4 is 0 Å². The summed E-state index contributed by atoms with van der Waals surface area (Å²) in [7, 11) is 0. The molecule has 10 aromatic carbocycles. The number of benzene rings is 10. The van der Waals surface area contributed by atoms with Crippen molar-refractivity contribution >= 4 is 64.8 Å². The van der Waals surface area contributed by atoms with Gasteiger partial charge in [-0.3, -0.25) is 0 Å². The summed E-state index contributed by atoms with van der Waals surface area (Å²) in [6.07, 6.45) is 0. The van der Waals surface area contributed by atoms with E-state index in [2.05, 4.69) is 202 Å². The second-order valence-electron chi connectivity index (χ2n) is 16.2. The van der Waals surface area contributed by atoms with Gasteiger partial charge in [-0.05, 0) is 111 Å². The third-order valence-corrected chi connectivity index (χ3v) is 12.8. The number of pyridine rings is 1. The van der Waals surface area contributed by atoms with E-state index >= 15 is 0 Å². The van der Waals surface area contributed by atoms with Crippen molar-refractivity contribution < 1.29 is 0 Å². The Kier molecular flexibility index (Phi) is 6.75. The molecule has 0 saturated heterocycles. The Bertz CT molecular complexity index is 3440. The zero-order chi connectivity index (χ0) is 37.8. The van der Waals surface area contributed by atoms with Gasteiger partial charge in [0.25, 0.3) is 0 Å². The lowest BCUT2D eigenvalue weighted by Crippen LogP contribution is -2.16. The van der Waals surface area contributed by atoms with Crippen LogP contribution in [0.25, 0.3) is 109 Å². The predicted octanol–water partition coefficient (Wildman–Crippen LogP) is 15.3. The lowest BCUT2D eigenvalue weighted by atomic mass is 9.78. The van der Waals surface area contributed by atoms with Crippen LogP contribution >= 0.6 is 0 Å². The molecule has 0 unspecified atom stereocenters. The van der Waals surface area contributed by atoms with Gasteiger partial charge in [0, 0.05) is 16.4 Å². The number of nitrogens with zero attached hydrogens (tertiary/aromatic N) is 1. The summed E-state index contributed by atoms with van der Waals surface area (Å²) in [4.78, 5) is 5.41. The predicted molar refractivity (Wildman–Crippen MR) is 243 cm³/mol. The zero-order valence-corrected chi connectivity index (χ0v) is 31.8. The molecule has 1 aromatic heterocycles. The molecule has 0 radical (unpaired) electrons. The van der Waals surface area contributed by atoms with Crippen molar-refractivity contribution in [2.75, 3.05) is 0 Å². The molecule has 0 bridgehead atoms. The van der Waals surface area contributed by atoms with Gasteiger partial charge in [0.2, 0.25) is 0 Å². The molecule has 11 aromatic rings. The molecule has 0 aliphatic heterocycles. The lowest BCUT2D eigenvalue weighted by molar-refractivity contribution is 0.662. The Labute approximate surface area is 331 Å². The van der Waals surface area contributed by atoms with Crippen LogP contribution in [0.4, 0.5) is 0 Å². The SMILES string of the molecule is CC1(C)c2ccccc2-c2nc3ccc4ccccc4c3c(-c3ccc(-c4ccc(-c5ccc6c7ccccc7c7ccccc7c6c5)c5ccccc45)cc3)c21. The summed E-state index contributed by atoms with van der Waals surface area (Å²) in [5.74, 6) is 0. The van der Waals surface area contributed by atoms with Gasteiger partial charge < -0.3 is 0 Å². The molecule has 1 aliphatic rings. The normalized spacial score (nSPS) is 13.2. The molecule has 0 saturated carbocycles. The monoisotopic (exact) mass is 723 g/mol. The molecular weight excluding hydrogens is 687 g/mol. The molecule has 1 heteroatoms. The molecule has 57 heavy (non-hydrogen) atoms. The summed E-state index contributed by atoms with van der Waals surface area (Å²) >= 11 is 0. The first-order valence-electron chi connectivity index (χ1n) is 20.0. The van der Waals surface area contributed by atoms with Gasteiger partial charge in [-0.2, -0.15) is 0 Å². The zero-order valence-electron chi connectivity index (χ0n) is 31.8. The van der Waals surface area contributed by atoms with E-state index in [9.17, 15) is 0 Å². The molecule has 0 fully saturated rings. The Morgan fingerprint density at radius 3 is 1.56 bits per heavy atom. The van der Waals surface area contributed by atoms with Gasteiger partial charge in [0.05, 0.1) is 11.2 Å². The third kappa shape index (κ3) is 4.60. The van der Waals surface area contributed by atoms with E-state index in [1.54, 1.807) is 0 Å². The molecule has 0 atom stereocenters. The molecule has 12 rings (SSSR count). The molecule has 1 heterocycles. The van der Waals surface area contributed by atoms with Gasteiger partial charge in [-0.15, -0.1) is 0 Å². The molecule has 1 nitrogen and oxygen atoms in total. The van der Waals surface area contributed by atoms with Crippen LogP contribution in [0.3, 0.4) is 0 Å². The molecule has 1 aliphatic carbocycles. The van der Waals surface area contributed by atoms with E-state index in [0.29, 0.717) is 0 Å². The fraction of sp³-hybridized carbons (Fsp3) is 0.0536.